The van der Waals surface area contributed by atoms with Crippen molar-refractivity contribution in [3.8, 4) is 0 Å². The minimum absolute atomic E-state index is 0.636. The molecule has 1 saturated heterocycles. The van der Waals surface area contributed by atoms with E-state index in [0.29, 0.717) is 6.04 Å². The first-order chi connectivity index (χ1) is 9.74. The third-order valence-electron chi connectivity index (χ3n) is 4.37. The fourth-order valence-electron chi connectivity index (χ4n) is 3.02. The van der Waals surface area contributed by atoms with Gasteiger partial charge in [0, 0.05) is 51.0 Å². The second-order valence-electron chi connectivity index (χ2n) is 5.68. The van der Waals surface area contributed by atoms with Crippen molar-refractivity contribution in [2.75, 3.05) is 44.2 Å². The highest BCUT2D eigenvalue weighted by molar-refractivity contribution is 5.47. The first-order valence-corrected chi connectivity index (χ1v) is 8.03. The molecule has 0 aliphatic carbocycles. The molecule has 1 aliphatic heterocycles. The van der Waals surface area contributed by atoms with Crippen LogP contribution in [0.25, 0.3) is 0 Å². The molecule has 1 fully saturated rings. The molecule has 1 atom stereocenters. The fraction of sp³-hybridized carbons (Fsp3) is 0.647. The Hall–Kier alpha value is -1.06. The third kappa shape index (κ3) is 3.97. The number of nitrogens with zero attached hydrogens (tertiary/aromatic N) is 2. The van der Waals surface area contributed by atoms with Crippen LogP contribution >= 0.6 is 0 Å². The van der Waals surface area contributed by atoms with Crippen molar-refractivity contribution < 1.29 is 0 Å². The summed E-state index contributed by atoms with van der Waals surface area (Å²) in [6.07, 6.45) is 1.15. The van der Waals surface area contributed by atoms with E-state index in [1.54, 1.807) is 0 Å². The lowest BCUT2D eigenvalue weighted by Gasteiger charge is -2.33. The van der Waals surface area contributed by atoms with E-state index in [1.165, 1.54) is 24.3 Å². The predicted molar refractivity (Wildman–Crippen MR) is 87.6 cm³/mol. The lowest BCUT2D eigenvalue weighted by Crippen LogP contribution is -2.48. The predicted octanol–water partition coefficient (Wildman–Crippen LogP) is 2.37. The van der Waals surface area contributed by atoms with Crippen LogP contribution in [0.15, 0.2) is 24.3 Å². The van der Waals surface area contributed by atoms with Crippen LogP contribution in [-0.4, -0.2) is 50.2 Å². The van der Waals surface area contributed by atoms with E-state index in [9.17, 15) is 0 Å². The molecule has 1 unspecified atom stereocenters. The number of rotatable bonds is 6. The Bertz CT molecular complexity index is 378. The molecule has 0 saturated carbocycles. The van der Waals surface area contributed by atoms with Gasteiger partial charge in [-0.05, 0) is 44.9 Å². The average molecular weight is 275 g/mol. The molecule has 1 aliphatic rings. The van der Waals surface area contributed by atoms with Gasteiger partial charge in [0.2, 0.25) is 0 Å². The van der Waals surface area contributed by atoms with E-state index in [1.807, 2.05) is 0 Å². The van der Waals surface area contributed by atoms with E-state index in [4.69, 9.17) is 0 Å². The Labute approximate surface area is 124 Å². The van der Waals surface area contributed by atoms with E-state index in [-0.39, 0.29) is 0 Å². The highest BCUT2D eigenvalue weighted by atomic mass is 15.2. The molecule has 0 radical (unpaired) electrons. The molecule has 2 rings (SSSR count). The highest BCUT2D eigenvalue weighted by Gasteiger charge is 2.16. The zero-order chi connectivity index (χ0) is 14.4. The number of hydrogen-bond donors (Lipinski definition) is 1. The van der Waals surface area contributed by atoms with Crippen LogP contribution in [0.1, 0.15) is 26.3 Å². The van der Waals surface area contributed by atoms with Gasteiger partial charge < -0.3 is 10.2 Å². The smallest absolute Gasteiger partial charge is 0.0366 e. The topological polar surface area (TPSA) is 18.5 Å². The Morgan fingerprint density at radius 1 is 1.10 bits per heavy atom. The van der Waals surface area contributed by atoms with E-state index in [2.05, 4.69) is 60.2 Å². The van der Waals surface area contributed by atoms with Gasteiger partial charge in [0.1, 0.15) is 0 Å². The van der Waals surface area contributed by atoms with Crippen molar-refractivity contribution in [1.82, 2.24) is 10.2 Å². The summed E-state index contributed by atoms with van der Waals surface area (Å²) in [4.78, 5) is 4.98. The van der Waals surface area contributed by atoms with Gasteiger partial charge in [0.05, 0.1) is 0 Å². The Morgan fingerprint density at radius 3 is 2.25 bits per heavy atom. The lowest BCUT2D eigenvalue weighted by molar-refractivity contribution is 0.183. The van der Waals surface area contributed by atoms with Crippen molar-refractivity contribution in [2.24, 2.45) is 0 Å². The molecule has 3 nitrogen and oxygen atoms in total. The van der Waals surface area contributed by atoms with Crippen LogP contribution in [0, 0.1) is 0 Å². The van der Waals surface area contributed by atoms with Crippen LogP contribution in [0.5, 0.6) is 0 Å². The number of nitrogens with one attached hydrogen (secondary N) is 1. The van der Waals surface area contributed by atoms with Crippen molar-refractivity contribution in [3.63, 3.8) is 0 Å². The summed E-state index contributed by atoms with van der Waals surface area (Å²) >= 11 is 0. The van der Waals surface area contributed by atoms with Gasteiger partial charge in [-0.3, -0.25) is 4.90 Å². The standard InChI is InChI=1S/C17H29N3/c1-4-19(5-2)17-8-6-16(7-9-17)14-15(3)20-12-10-18-11-13-20/h6-9,15,18H,4-5,10-14H2,1-3H3. The maximum absolute atomic E-state index is 3.42. The average Bonchev–Trinajstić information content (AvgIpc) is 2.51. The molecule has 0 bridgehead atoms. The lowest BCUT2D eigenvalue weighted by atomic mass is 10.0. The van der Waals surface area contributed by atoms with Crippen molar-refractivity contribution in [3.05, 3.63) is 29.8 Å². The SMILES string of the molecule is CCN(CC)c1ccc(CC(C)N2CCNCC2)cc1. The van der Waals surface area contributed by atoms with Crippen LogP contribution < -0.4 is 10.2 Å². The molecule has 112 valence electrons. The normalized spacial score (nSPS) is 17.9. The van der Waals surface area contributed by atoms with E-state index in [0.717, 1.165) is 32.6 Å². The molecule has 0 spiro atoms. The molecule has 1 aromatic rings. The largest absolute Gasteiger partial charge is 0.372 e. The second kappa shape index (κ2) is 7.65. The summed E-state index contributed by atoms with van der Waals surface area (Å²) in [7, 11) is 0. The van der Waals surface area contributed by atoms with Crippen molar-refractivity contribution in [2.45, 2.75) is 33.2 Å². The summed E-state index contributed by atoms with van der Waals surface area (Å²) in [5.41, 5.74) is 2.79. The Balaban J connectivity index is 1.92. The van der Waals surface area contributed by atoms with Gasteiger partial charge in [0.15, 0.2) is 0 Å². The number of benzene rings is 1. The van der Waals surface area contributed by atoms with Crippen LogP contribution in [-0.2, 0) is 6.42 Å². The summed E-state index contributed by atoms with van der Waals surface area (Å²) < 4.78 is 0. The molecule has 1 aromatic carbocycles. The molecule has 20 heavy (non-hydrogen) atoms. The molecule has 0 amide bonds. The van der Waals surface area contributed by atoms with Crippen molar-refractivity contribution in [1.29, 1.82) is 0 Å². The number of hydrogen-bond acceptors (Lipinski definition) is 3. The maximum Gasteiger partial charge on any atom is 0.0366 e. The zero-order valence-corrected chi connectivity index (χ0v) is 13.2. The molecule has 0 aromatic heterocycles. The van der Waals surface area contributed by atoms with Crippen molar-refractivity contribution >= 4 is 5.69 Å². The minimum Gasteiger partial charge on any atom is -0.372 e. The molecular formula is C17H29N3. The van der Waals surface area contributed by atoms with Gasteiger partial charge in [0.25, 0.3) is 0 Å². The van der Waals surface area contributed by atoms with Gasteiger partial charge in [-0.2, -0.15) is 0 Å². The van der Waals surface area contributed by atoms with Crippen LogP contribution in [0.2, 0.25) is 0 Å². The monoisotopic (exact) mass is 275 g/mol. The van der Waals surface area contributed by atoms with Gasteiger partial charge >= 0.3 is 0 Å². The number of anilines is 1. The first kappa shape index (κ1) is 15.3. The summed E-state index contributed by atoms with van der Waals surface area (Å²) in [5.74, 6) is 0. The molecule has 3 heteroatoms. The fourth-order valence-corrected chi connectivity index (χ4v) is 3.02. The molecular weight excluding hydrogens is 246 g/mol. The van der Waals surface area contributed by atoms with E-state index >= 15 is 0 Å². The third-order valence-corrected chi connectivity index (χ3v) is 4.37. The Morgan fingerprint density at radius 2 is 1.70 bits per heavy atom. The highest BCUT2D eigenvalue weighted by Crippen LogP contribution is 2.17. The van der Waals surface area contributed by atoms with Crippen LogP contribution in [0.4, 0.5) is 5.69 Å². The van der Waals surface area contributed by atoms with E-state index < -0.39 is 0 Å². The quantitative estimate of drug-likeness (QED) is 0.860. The minimum atomic E-state index is 0.636. The Kier molecular flexibility index (Phi) is 5.86. The van der Waals surface area contributed by atoms with Crippen LogP contribution in [0.3, 0.4) is 0 Å². The summed E-state index contributed by atoms with van der Waals surface area (Å²) in [5, 5.41) is 3.42. The second-order valence-corrected chi connectivity index (χ2v) is 5.68. The zero-order valence-electron chi connectivity index (χ0n) is 13.2. The molecule has 1 N–H and O–H groups in total. The van der Waals surface area contributed by atoms with Gasteiger partial charge in [-0.1, -0.05) is 12.1 Å². The van der Waals surface area contributed by atoms with Gasteiger partial charge in [-0.25, -0.2) is 0 Å². The first-order valence-electron chi connectivity index (χ1n) is 8.03. The summed E-state index contributed by atoms with van der Waals surface area (Å²) in [6.45, 7) is 13.5. The molecule has 1 heterocycles. The maximum atomic E-state index is 3.42. The number of piperazine rings is 1. The summed E-state index contributed by atoms with van der Waals surface area (Å²) in [6, 6.07) is 9.77. The van der Waals surface area contributed by atoms with Gasteiger partial charge in [-0.15, -0.1) is 0 Å².